The van der Waals surface area contributed by atoms with Crippen molar-refractivity contribution in [3.05, 3.63) is 66.2 Å². The van der Waals surface area contributed by atoms with E-state index in [9.17, 15) is 0 Å². The molecule has 0 unspecified atom stereocenters. The predicted octanol–water partition coefficient (Wildman–Crippen LogP) is 2.88. The molecule has 0 fully saturated rings. The molecule has 0 spiro atoms. The summed E-state index contributed by atoms with van der Waals surface area (Å²) in [4.78, 5) is 13.4. The van der Waals surface area contributed by atoms with Crippen LogP contribution in [0.4, 0.5) is 0 Å². The average molecular weight is 264 g/mol. The second kappa shape index (κ2) is 5.75. The molecule has 3 rings (SSSR count). The van der Waals surface area contributed by atoms with Crippen molar-refractivity contribution >= 4 is 11.0 Å². The number of aromatic nitrogens is 3. The molecule has 0 aliphatic carbocycles. The quantitative estimate of drug-likeness (QED) is 0.787. The molecular formula is C16H16N4. The second-order valence-electron chi connectivity index (χ2n) is 4.71. The van der Waals surface area contributed by atoms with Gasteiger partial charge in [-0.05, 0) is 31.2 Å². The summed E-state index contributed by atoms with van der Waals surface area (Å²) >= 11 is 0. The Morgan fingerprint density at radius 3 is 2.60 bits per heavy atom. The lowest BCUT2D eigenvalue weighted by Gasteiger charge is -2.12. The van der Waals surface area contributed by atoms with Crippen molar-refractivity contribution in [1.29, 1.82) is 0 Å². The van der Waals surface area contributed by atoms with E-state index >= 15 is 0 Å². The lowest BCUT2D eigenvalue weighted by Crippen LogP contribution is -2.19. The Morgan fingerprint density at radius 2 is 1.80 bits per heavy atom. The van der Waals surface area contributed by atoms with Crippen molar-refractivity contribution < 1.29 is 0 Å². The van der Waals surface area contributed by atoms with Crippen LogP contribution in [0.25, 0.3) is 11.0 Å². The Balaban J connectivity index is 1.70. The smallest absolute Gasteiger partial charge is 0.0890 e. The maximum absolute atomic E-state index is 4.60. The van der Waals surface area contributed by atoms with Crippen LogP contribution >= 0.6 is 0 Å². The molecule has 0 aliphatic heterocycles. The molecule has 0 saturated carbocycles. The van der Waals surface area contributed by atoms with Gasteiger partial charge in [0.15, 0.2) is 0 Å². The Bertz CT molecular complexity index is 697. The molecule has 0 amide bonds. The highest BCUT2D eigenvalue weighted by atomic mass is 15.0. The number of para-hydroxylation sites is 2. The maximum atomic E-state index is 4.60. The first kappa shape index (κ1) is 12.7. The van der Waals surface area contributed by atoms with Gasteiger partial charge in [-0.25, -0.2) is 4.98 Å². The molecule has 0 bridgehead atoms. The first-order valence-electron chi connectivity index (χ1n) is 6.68. The summed E-state index contributed by atoms with van der Waals surface area (Å²) in [5, 5.41) is 3.41. The van der Waals surface area contributed by atoms with Gasteiger partial charge >= 0.3 is 0 Å². The number of rotatable bonds is 4. The van der Waals surface area contributed by atoms with Crippen LogP contribution in [-0.2, 0) is 6.54 Å². The lowest BCUT2D eigenvalue weighted by molar-refractivity contribution is 0.555. The van der Waals surface area contributed by atoms with E-state index in [2.05, 4.69) is 27.2 Å². The monoisotopic (exact) mass is 264 g/mol. The van der Waals surface area contributed by atoms with Crippen molar-refractivity contribution in [2.75, 3.05) is 0 Å². The van der Waals surface area contributed by atoms with Crippen LogP contribution in [0.15, 0.2) is 54.9 Å². The van der Waals surface area contributed by atoms with Crippen LogP contribution < -0.4 is 5.32 Å². The van der Waals surface area contributed by atoms with Crippen molar-refractivity contribution in [3.8, 4) is 0 Å². The summed E-state index contributed by atoms with van der Waals surface area (Å²) in [5.74, 6) is 0. The summed E-state index contributed by atoms with van der Waals surface area (Å²) in [7, 11) is 0. The molecule has 2 heterocycles. The molecule has 1 N–H and O–H groups in total. The molecule has 0 radical (unpaired) electrons. The fourth-order valence-corrected chi connectivity index (χ4v) is 2.08. The van der Waals surface area contributed by atoms with Crippen molar-refractivity contribution in [2.24, 2.45) is 0 Å². The molecule has 1 atom stereocenters. The van der Waals surface area contributed by atoms with Gasteiger partial charge in [0, 0.05) is 18.8 Å². The minimum Gasteiger partial charge on any atom is -0.303 e. The van der Waals surface area contributed by atoms with E-state index in [1.165, 1.54) is 0 Å². The highest BCUT2D eigenvalue weighted by molar-refractivity contribution is 5.73. The fourth-order valence-electron chi connectivity index (χ4n) is 2.08. The summed E-state index contributed by atoms with van der Waals surface area (Å²) in [5.41, 5.74) is 3.82. The van der Waals surface area contributed by atoms with Crippen molar-refractivity contribution in [3.63, 3.8) is 0 Å². The highest BCUT2D eigenvalue weighted by Crippen LogP contribution is 2.11. The van der Waals surface area contributed by atoms with Gasteiger partial charge in [0.05, 0.1) is 28.6 Å². The van der Waals surface area contributed by atoms with Gasteiger partial charge in [0.25, 0.3) is 0 Å². The van der Waals surface area contributed by atoms with E-state index in [0.29, 0.717) is 6.54 Å². The lowest BCUT2D eigenvalue weighted by atomic mass is 10.2. The van der Waals surface area contributed by atoms with Gasteiger partial charge < -0.3 is 5.32 Å². The van der Waals surface area contributed by atoms with Crippen LogP contribution in [0.2, 0.25) is 0 Å². The molecule has 20 heavy (non-hydrogen) atoms. The first-order chi connectivity index (χ1) is 9.83. The third-order valence-corrected chi connectivity index (χ3v) is 3.22. The molecule has 0 aliphatic rings. The maximum Gasteiger partial charge on any atom is 0.0890 e. The minimum absolute atomic E-state index is 0.185. The summed E-state index contributed by atoms with van der Waals surface area (Å²) in [6, 6.07) is 14.0. The molecule has 2 aromatic heterocycles. The van der Waals surface area contributed by atoms with Crippen molar-refractivity contribution in [1.82, 2.24) is 20.3 Å². The Labute approximate surface area is 117 Å². The topological polar surface area (TPSA) is 50.7 Å². The fraction of sp³-hybridized carbons (Fsp3) is 0.188. The number of fused-ring (bicyclic) bond motifs is 1. The van der Waals surface area contributed by atoms with E-state index in [0.717, 1.165) is 22.4 Å². The summed E-state index contributed by atoms with van der Waals surface area (Å²) < 4.78 is 0. The molecule has 100 valence electrons. The van der Waals surface area contributed by atoms with Crippen LogP contribution in [0.1, 0.15) is 24.4 Å². The Hall–Kier alpha value is -2.33. The summed E-state index contributed by atoms with van der Waals surface area (Å²) in [6.07, 6.45) is 3.63. The van der Waals surface area contributed by atoms with E-state index in [1.54, 1.807) is 0 Å². The normalized spacial score (nSPS) is 12.4. The average Bonchev–Trinajstić information content (AvgIpc) is 2.53. The number of benzene rings is 1. The molecule has 4 heteroatoms. The zero-order chi connectivity index (χ0) is 13.8. The number of hydrogen-bond donors (Lipinski definition) is 1. The van der Waals surface area contributed by atoms with Crippen LogP contribution in [0.3, 0.4) is 0 Å². The third-order valence-electron chi connectivity index (χ3n) is 3.22. The van der Waals surface area contributed by atoms with E-state index in [4.69, 9.17) is 0 Å². The van der Waals surface area contributed by atoms with E-state index < -0.39 is 0 Å². The number of nitrogens with one attached hydrogen (secondary N) is 1. The largest absolute Gasteiger partial charge is 0.303 e. The van der Waals surface area contributed by atoms with Crippen molar-refractivity contribution in [2.45, 2.75) is 19.5 Å². The highest BCUT2D eigenvalue weighted by Gasteiger charge is 2.06. The van der Waals surface area contributed by atoms with E-state index in [1.807, 2.05) is 54.9 Å². The molecule has 1 aromatic carbocycles. The van der Waals surface area contributed by atoms with Crippen LogP contribution in [0.5, 0.6) is 0 Å². The number of nitrogens with zero attached hydrogens (tertiary/aromatic N) is 3. The molecule has 0 saturated heterocycles. The van der Waals surface area contributed by atoms with Gasteiger partial charge in [0.1, 0.15) is 0 Å². The van der Waals surface area contributed by atoms with Gasteiger partial charge in [0.2, 0.25) is 0 Å². The summed E-state index contributed by atoms with van der Waals surface area (Å²) in [6.45, 7) is 2.77. The Morgan fingerprint density at radius 1 is 1.00 bits per heavy atom. The van der Waals surface area contributed by atoms with E-state index in [-0.39, 0.29) is 6.04 Å². The number of pyridine rings is 1. The second-order valence-corrected chi connectivity index (χ2v) is 4.71. The molecule has 4 nitrogen and oxygen atoms in total. The van der Waals surface area contributed by atoms with Crippen LogP contribution in [0, 0.1) is 0 Å². The van der Waals surface area contributed by atoms with Gasteiger partial charge in [-0.3, -0.25) is 9.97 Å². The zero-order valence-corrected chi connectivity index (χ0v) is 11.3. The zero-order valence-electron chi connectivity index (χ0n) is 11.3. The predicted molar refractivity (Wildman–Crippen MR) is 79.0 cm³/mol. The molecule has 3 aromatic rings. The SMILES string of the molecule is C[C@@H](NCc1cnc2ccccc2n1)c1ccccn1. The van der Waals surface area contributed by atoms with Gasteiger partial charge in [-0.1, -0.05) is 18.2 Å². The third kappa shape index (κ3) is 2.81. The first-order valence-corrected chi connectivity index (χ1v) is 6.68. The minimum atomic E-state index is 0.185. The van der Waals surface area contributed by atoms with Gasteiger partial charge in [-0.15, -0.1) is 0 Å². The number of hydrogen-bond acceptors (Lipinski definition) is 4. The molecular weight excluding hydrogens is 248 g/mol. The Kier molecular flexibility index (Phi) is 3.65. The van der Waals surface area contributed by atoms with Gasteiger partial charge in [-0.2, -0.15) is 0 Å². The standard InChI is InChI=1S/C16H16N4/c1-12(14-6-4-5-9-17-14)18-10-13-11-19-15-7-2-3-8-16(15)20-13/h2-9,11-12,18H,10H2,1H3/t12-/m1/s1. The van der Waals surface area contributed by atoms with Crippen LogP contribution in [-0.4, -0.2) is 15.0 Å².